The van der Waals surface area contributed by atoms with Crippen LogP contribution < -0.4 is 10.1 Å². The van der Waals surface area contributed by atoms with Crippen molar-refractivity contribution < 1.29 is 9.13 Å². The van der Waals surface area contributed by atoms with Crippen LogP contribution in [0.25, 0.3) is 0 Å². The van der Waals surface area contributed by atoms with Crippen LogP contribution in [-0.2, 0) is 0 Å². The van der Waals surface area contributed by atoms with Crippen LogP contribution in [0.2, 0.25) is 0 Å². The minimum Gasteiger partial charge on any atom is -0.496 e. The molecule has 2 rings (SSSR count). The van der Waals surface area contributed by atoms with E-state index in [0.717, 1.165) is 4.88 Å². The van der Waals surface area contributed by atoms with Crippen LogP contribution in [0.5, 0.6) is 5.75 Å². The zero-order valence-electron chi connectivity index (χ0n) is 9.74. The highest BCUT2D eigenvalue weighted by Crippen LogP contribution is 2.33. The average molecular weight is 251 g/mol. The van der Waals surface area contributed by atoms with E-state index in [1.165, 1.54) is 6.07 Å². The highest BCUT2D eigenvalue weighted by molar-refractivity contribution is 7.10. The Kier molecular flexibility index (Phi) is 3.76. The third kappa shape index (κ3) is 2.33. The molecular formula is C13H14FNOS. The van der Waals surface area contributed by atoms with Gasteiger partial charge < -0.3 is 10.1 Å². The van der Waals surface area contributed by atoms with Gasteiger partial charge in [0.1, 0.15) is 11.6 Å². The lowest BCUT2D eigenvalue weighted by Gasteiger charge is -2.18. The summed E-state index contributed by atoms with van der Waals surface area (Å²) in [5.41, 5.74) is 0.556. The van der Waals surface area contributed by atoms with Gasteiger partial charge in [0.15, 0.2) is 0 Å². The summed E-state index contributed by atoms with van der Waals surface area (Å²) in [5, 5.41) is 5.11. The molecule has 17 heavy (non-hydrogen) atoms. The summed E-state index contributed by atoms with van der Waals surface area (Å²) < 4.78 is 19.2. The SMILES string of the molecule is CNC(c1cccs1)c1c(F)cccc1OC. The third-order valence-corrected chi connectivity index (χ3v) is 3.58. The van der Waals surface area contributed by atoms with Crippen molar-refractivity contribution in [1.82, 2.24) is 5.32 Å². The van der Waals surface area contributed by atoms with Gasteiger partial charge in [0.05, 0.1) is 18.7 Å². The number of benzene rings is 1. The molecule has 0 amide bonds. The number of halogens is 1. The molecule has 1 aromatic carbocycles. The molecular weight excluding hydrogens is 237 g/mol. The van der Waals surface area contributed by atoms with Crippen molar-refractivity contribution >= 4 is 11.3 Å². The van der Waals surface area contributed by atoms with Gasteiger partial charge in [-0.1, -0.05) is 12.1 Å². The molecule has 1 atom stereocenters. The van der Waals surface area contributed by atoms with E-state index in [9.17, 15) is 4.39 Å². The first-order valence-corrected chi connectivity index (χ1v) is 6.19. The van der Waals surface area contributed by atoms with E-state index in [1.807, 2.05) is 24.6 Å². The second kappa shape index (κ2) is 5.29. The van der Waals surface area contributed by atoms with Gasteiger partial charge in [-0.05, 0) is 30.6 Å². The summed E-state index contributed by atoms with van der Waals surface area (Å²) in [6.45, 7) is 0. The van der Waals surface area contributed by atoms with Crippen molar-refractivity contribution in [1.29, 1.82) is 0 Å². The van der Waals surface area contributed by atoms with Crippen LogP contribution in [0.3, 0.4) is 0 Å². The molecule has 0 saturated carbocycles. The van der Waals surface area contributed by atoms with Gasteiger partial charge in [0, 0.05) is 4.88 Å². The van der Waals surface area contributed by atoms with E-state index in [0.29, 0.717) is 11.3 Å². The Bertz CT molecular complexity index is 484. The lowest BCUT2D eigenvalue weighted by Crippen LogP contribution is -2.18. The zero-order chi connectivity index (χ0) is 12.3. The van der Waals surface area contributed by atoms with Gasteiger partial charge >= 0.3 is 0 Å². The highest BCUT2D eigenvalue weighted by atomic mass is 32.1. The molecule has 0 fully saturated rings. The van der Waals surface area contributed by atoms with Crippen molar-refractivity contribution in [2.24, 2.45) is 0 Å². The molecule has 0 aliphatic rings. The second-order valence-corrected chi connectivity index (χ2v) is 4.57. The number of thiophene rings is 1. The number of ether oxygens (including phenoxy) is 1. The van der Waals surface area contributed by atoms with E-state index in [-0.39, 0.29) is 11.9 Å². The first kappa shape index (κ1) is 12.1. The minimum absolute atomic E-state index is 0.175. The van der Waals surface area contributed by atoms with Crippen LogP contribution in [0, 0.1) is 5.82 Å². The zero-order valence-corrected chi connectivity index (χ0v) is 10.6. The van der Waals surface area contributed by atoms with Gasteiger partial charge in [-0.3, -0.25) is 0 Å². The molecule has 0 radical (unpaired) electrons. The molecule has 0 spiro atoms. The topological polar surface area (TPSA) is 21.3 Å². The molecule has 4 heteroatoms. The smallest absolute Gasteiger partial charge is 0.132 e. The summed E-state index contributed by atoms with van der Waals surface area (Å²) in [6, 6.07) is 8.64. The molecule has 0 saturated heterocycles. The van der Waals surface area contributed by atoms with E-state index >= 15 is 0 Å². The Balaban J connectivity index is 2.50. The van der Waals surface area contributed by atoms with Crippen LogP contribution in [0.1, 0.15) is 16.5 Å². The summed E-state index contributed by atoms with van der Waals surface area (Å²) in [4.78, 5) is 1.07. The Labute approximate surface area is 104 Å². The molecule has 1 unspecified atom stereocenters. The Morgan fingerprint density at radius 3 is 2.71 bits per heavy atom. The lowest BCUT2D eigenvalue weighted by atomic mass is 10.0. The van der Waals surface area contributed by atoms with Gasteiger partial charge in [0.2, 0.25) is 0 Å². The lowest BCUT2D eigenvalue weighted by molar-refractivity contribution is 0.399. The van der Waals surface area contributed by atoms with Crippen molar-refractivity contribution in [3.8, 4) is 5.75 Å². The maximum atomic E-state index is 14.0. The Morgan fingerprint density at radius 2 is 2.12 bits per heavy atom. The molecule has 0 aliphatic heterocycles. The Hall–Kier alpha value is -1.39. The molecule has 2 aromatic rings. The standard InChI is InChI=1S/C13H14FNOS/c1-15-13(11-7-4-8-17-11)12-9(14)5-3-6-10(12)16-2/h3-8,13,15H,1-2H3. The molecule has 0 bridgehead atoms. The first-order chi connectivity index (χ1) is 8.27. The van der Waals surface area contributed by atoms with Gasteiger partial charge in [-0.15, -0.1) is 11.3 Å². The maximum absolute atomic E-state index is 14.0. The Morgan fingerprint density at radius 1 is 1.29 bits per heavy atom. The molecule has 1 aromatic heterocycles. The van der Waals surface area contributed by atoms with Crippen LogP contribution >= 0.6 is 11.3 Å². The van der Waals surface area contributed by atoms with Crippen molar-refractivity contribution in [3.63, 3.8) is 0 Å². The number of hydrogen-bond donors (Lipinski definition) is 1. The fraction of sp³-hybridized carbons (Fsp3) is 0.231. The van der Waals surface area contributed by atoms with Crippen molar-refractivity contribution in [2.45, 2.75) is 6.04 Å². The van der Waals surface area contributed by atoms with Gasteiger partial charge in [-0.25, -0.2) is 4.39 Å². The number of hydrogen-bond acceptors (Lipinski definition) is 3. The molecule has 1 heterocycles. The van der Waals surface area contributed by atoms with Crippen LogP contribution in [0.15, 0.2) is 35.7 Å². The van der Waals surface area contributed by atoms with Crippen LogP contribution in [-0.4, -0.2) is 14.2 Å². The van der Waals surface area contributed by atoms with E-state index in [4.69, 9.17) is 4.74 Å². The molecule has 2 nitrogen and oxygen atoms in total. The normalized spacial score (nSPS) is 12.4. The fourth-order valence-corrected chi connectivity index (χ4v) is 2.70. The summed E-state index contributed by atoms with van der Waals surface area (Å²) in [6.07, 6.45) is 0. The second-order valence-electron chi connectivity index (χ2n) is 3.59. The summed E-state index contributed by atoms with van der Waals surface area (Å²) in [5.74, 6) is 0.315. The quantitative estimate of drug-likeness (QED) is 0.901. The molecule has 0 aliphatic carbocycles. The third-order valence-electron chi connectivity index (χ3n) is 2.64. The fourth-order valence-electron chi connectivity index (χ4n) is 1.86. The molecule has 1 N–H and O–H groups in total. The van der Waals surface area contributed by atoms with E-state index in [1.54, 1.807) is 30.6 Å². The number of rotatable bonds is 4. The largest absolute Gasteiger partial charge is 0.496 e. The number of methoxy groups -OCH3 is 1. The predicted octanol–water partition coefficient (Wildman–Crippen LogP) is 3.20. The summed E-state index contributed by atoms with van der Waals surface area (Å²) >= 11 is 1.59. The van der Waals surface area contributed by atoms with Crippen LogP contribution in [0.4, 0.5) is 4.39 Å². The summed E-state index contributed by atoms with van der Waals surface area (Å²) in [7, 11) is 3.37. The monoisotopic (exact) mass is 251 g/mol. The predicted molar refractivity (Wildman–Crippen MR) is 68.2 cm³/mol. The number of nitrogens with one attached hydrogen (secondary N) is 1. The maximum Gasteiger partial charge on any atom is 0.132 e. The van der Waals surface area contributed by atoms with Crippen molar-refractivity contribution in [2.75, 3.05) is 14.2 Å². The van der Waals surface area contributed by atoms with E-state index in [2.05, 4.69) is 5.32 Å². The first-order valence-electron chi connectivity index (χ1n) is 5.31. The van der Waals surface area contributed by atoms with Gasteiger partial charge in [-0.2, -0.15) is 0 Å². The van der Waals surface area contributed by atoms with E-state index < -0.39 is 0 Å². The highest BCUT2D eigenvalue weighted by Gasteiger charge is 2.21. The minimum atomic E-state index is -0.253. The molecule has 90 valence electrons. The van der Waals surface area contributed by atoms with Crippen molar-refractivity contribution in [3.05, 3.63) is 52.0 Å². The average Bonchev–Trinajstić information content (AvgIpc) is 2.86. The van der Waals surface area contributed by atoms with Gasteiger partial charge in [0.25, 0.3) is 0 Å².